The number of amides is 1. The van der Waals surface area contributed by atoms with E-state index in [0.29, 0.717) is 48.0 Å². The number of aliphatic hydroxyl groups is 1. The summed E-state index contributed by atoms with van der Waals surface area (Å²) in [5.74, 6) is -0.935. The van der Waals surface area contributed by atoms with Gasteiger partial charge >= 0.3 is 0 Å². The predicted molar refractivity (Wildman–Crippen MR) is 139 cm³/mol. The quantitative estimate of drug-likeness (QED) is 0.276. The van der Waals surface area contributed by atoms with Gasteiger partial charge in [0.1, 0.15) is 17.1 Å². The smallest absolute Gasteiger partial charge is 0.295 e. The molecule has 1 saturated heterocycles. The molecule has 1 atom stereocenters. The van der Waals surface area contributed by atoms with Crippen LogP contribution in [-0.2, 0) is 9.59 Å². The van der Waals surface area contributed by atoms with Crippen molar-refractivity contribution in [1.29, 1.82) is 0 Å². The van der Waals surface area contributed by atoms with Gasteiger partial charge in [-0.05, 0) is 63.2 Å². The minimum atomic E-state index is -0.744. The van der Waals surface area contributed by atoms with E-state index in [4.69, 9.17) is 4.74 Å². The van der Waals surface area contributed by atoms with Crippen molar-refractivity contribution in [3.05, 3.63) is 70.7 Å². The van der Waals surface area contributed by atoms with E-state index in [2.05, 4.69) is 23.7 Å². The molecule has 3 aromatic rings. The van der Waals surface area contributed by atoms with E-state index in [9.17, 15) is 14.7 Å². The number of Topliss-reactive ketones (excluding diaryl/α,β-unsaturated/α-hetero) is 1. The number of benzene rings is 1. The molecule has 1 aliphatic rings. The van der Waals surface area contributed by atoms with E-state index in [-0.39, 0.29) is 11.3 Å². The van der Waals surface area contributed by atoms with Gasteiger partial charge in [-0.3, -0.25) is 9.59 Å². The van der Waals surface area contributed by atoms with Crippen molar-refractivity contribution < 1.29 is 19.4 Å². The molecule has 2 aromatic heterocycles. The lowest BCUT2D eigenvalue weighted by Crippen LogP contribution is -2.38. The summed E-state index contributed by atoms with van der Waals surface area (Å²) in [7, 11) is 0. The van der Waals surface area contributed by atoms with Crippen molar-refractivity contribution in [3.8, 4) is 5.75 Å². The molecule has 1 amide bonds. The van der Waals surface area contributed by atoms with E-state index in [1.165, 1.54) is 0 Å². The second kappa shape index (κ2) is 10.5. The number of aromatic nitrogens is 2. The number of pyridine rings is 1. The van der Waals surface area contributed by atoms with Crippen LogP contribution in [0.4, 0.5) is 0 Å². The van der Waals surface area contributed by atoms with E-state index in [1.807, 2.05) is 67.8 Å². The number of hydrogen-bond acceptors (Lipinski definition) is 6. The highest BCUT2D eigenvalue weighted by atomic mass is 16.5. The Hall–Kier alpha value is -3.65. The summed E-state index contributed by atoms with van der Waals surface area (Å²) in [5.41, 5.74) is 3.40. The van der Waals surface area contributed by atoms with Gasteiger partial charge in [-0.1, -0.05) is 32.0 Å². The zero-order valence-corrected chi connectivity index (χ0v) is 21.6. The molecular weight excluding hydrogens is 456 g/mol. The molecule has 1 aromatic carbocycles. The average molecular weight is 491 g/mol. The van der Waals surface area contributed by atoms with Crippen LogP contribution in [0.1, 0.15) is 49.3 Å². The first kappa shape index (κ1) is 25.4. The van der Waals surface area contributed by atoms with Gasteiger partial charge in [0, 0.05) is 19.3 Å². The molecule has 4 rings (SSSR count). The van der Waals surface area contributed by atoms with Crippen molar-refractivity contribution in [2.75, 3.05) is 32.8 Å². The molecular formula is C28H34N4O4. The summed E-state index contributed by atoms with van der Waals surface area (Å²) in [4.78, 5) is 35.1. The first-order chi connectivity index (χ1) is 17.3. The van der Waals surface area contributed by atoms with Crippen LogP contribution in [0.3, 0.4) is 0 Å². The van der Waals surface area contributed by atoms with E-state index in [1.54, 1.807) is 4.90 Å². The Morgan fingerprint density at radius 3 is 2.53 bits per heavy atom. The maximum atomic E-state index is 13.4. The molecule has 36 heavy (non-hydrogen) atoms. The lowest BCUT2D eigenvalue weighted by molar-refractivity contribution is -0.140. The molecule has 1 aliphatic heterocycles. The number of hydrogen-bond donors (Lipinski definition) is 1. The molecule has 190 valence electrons. The molecule has 1 N–H and O–H groups in total. The summed E-state index contributed by atoms with van der Waals surface area (Å²) < 4.78 is 7.57. The second-order valence-corrected chi connectivity index (χ2v) is 8.96. The monoisotopic (exact) mass is 490 g/mol. The number of aryl methyl sites for hydroxylation is 2. The number of ketones is 1. The fourth-order valence-electron chi connectivity index (χ4n) is 4.86. The van der Waals surface area contributed by atoms with Crippen LogP contribution in [0.5, 0.6) is 5.75 Å². The number of imidazole rings is 1. The van der Waals surface area contributed by atoms with Gasteiger partial charge in [0.05, 0.1) is 23.9 Å². The number of likely N-dealkylation sites (tertiary alicyclic amines) is 1. The maximum Gasteiger partial charge on any atom is 0.295 e. The van der Waals surface area contributed by atoms with E-state index < -0.39 is 17.7 Å². The number of nitrogens with zero attached hydrogens (tertiary/aromatic N) is 4. The highest BCUT2D eigenvalue weighted by Gasteiger charge is 2.46. The number of likely N-dealkylation sites (N-methyl/N-ethyl adjacent to an activating group) is 1. The van der Waals surface area contributed by atoms with Gasteiger partial charge in [0.15, 0.2) is 5.76 Å². The van der Waals surface area contributed by atoms with Gasteiger partial charge in [0.25, 0.3) is 11.7 Å². The van der Waals surface area contributed by atoms with Gasteiger partial charge < -0.3 is 24.0 Å². The minimum Gasteiger partial charge on any atom is -0.505 e. The lowest BCUT2D eigenvalue weighted by atomic mass is 9.96. The summed E-state index contributed by atoms with van der Waals surface area (Å²) in [5, 5.41) is 11.5. The number of rotatable bonds is 9. The van der Waals surface area contributed by atoms with Gasteiger partial charge in [-0.15, -0.1) is 0 Å². The maximum absolute atomic E-state index is 13.4. The van der Waals surface area contributed by atoms with Crippen LogP contribution in [-0.4, -0.2) is 68.8 Å². The molecule has 0 saturated carbocycles. The first-order valence-corrected chi connectivity index (χ1v) is 12.5. The molecule has 0 aliphatic carbocycles. The van der Waals surface area contributed by atoms with Crippen molar-refractivity contribution >= 4 is 23.1 Å². The molecule has 1 unspecified atom stereocenters. The molecule has 0 spiro atoms. The standard InChI is InChI=1S/C28H34N4O4/c1-6-30(7-2)15-16-32-24(20-12-9-13-21(17-20)36-8-3)22(26(34)28(32)35)25(33)23-19(5)31-14-10-11-18(4)27(31)29-23/h9-14,17,24,33H,6-8,15-16H2,1-5H3/b25-22+. The van der Waals surface area contributed by atoms with Gasteiger partial charge in [-0.2, -0.15) is 0 Å². The molecule has 1 fully saturated rings. The third-order valence-electron chi connectivity index (χ3n) is 6.88. The Morgan fingerprint density at radius 2 is 1.86 bits per heavy atom. The highest BCUT2D eigenvalue weighted by molar-refractivity contribution is 6.46. The van der Waals surface area contributed by atoms with Crippen molar-refractivity contribution in [3.63, 3.8) is 0 Å². The van der Waals surface area contributed by atoms with Crippen LogP contribution in [0.15, 0.2) is 48.2 Å². The lowest BCUT2D eigenvalue weighted by Gasteiger charge is -2.28. The summed E-state index contributed by atoms with van der Waals surface area (Å²) in [6.45, 7) is 13.0. The first-order valence-electron chi connectivity index (χ1n) is 12.5. The SMILES string of the molecule is CCOc1cccc(C2/C(=C(\O)c3nc4c(C)cccn4c3C)C(=O)C(=O)N2CCN(CC)CC)c1. The zero-order chi connectivity index (χ0) is 26.0. The number of carbonyl (C=O) groups is 2. The molecule has 0 radical (unpaired) electrons. The molecule has 3 heterocycles. The Labute approximate surface area is 211 Å². The van der Waals surface area contributed by atoms with Crippen LogP contribution in [0, 0.1) is 13.8 Å². The molecule has 8 heteroatoms. The molecule has 8 nitrogen and oxygen atoms in total. The Kier molecular flexibility index (Phi) is 7.45. The Balaban J connectivity index is 1.88. The topological polar surface area (TPSA) is 87.4 Å². The predicted octanol–water partition coefficient (Wildman–Crippen LogP) is 4.11. The number of fused-ring (bicyclic) bond motifs is 1. The highest BCUT2D eigenvalue weighted by Crippen LogP contribution is 2.40. The number of aliphatic hydroxyl groups excluding tert-OH is 1. The minimum absolute atomic E-state index is 0.0531. The normalized spacial score (nSPS) is 17.5. The van der Waals surface area contributed by atoms with Crippen LogP contribution < -0.4 is 4.74 Å². The third-order valence-corrected chi connectivity index (χ3v) is 6.88. The van der Waals surface area contributed by atoms with Crippen molar-refractivity contribution in [2.24, 2.45) is 0 Å². The fourth-order valence-corrected chi connectivity index (χ4v) is 4.86. The fraction of sp³-hybridized carbons (Fsp3) is 0.393. The summed E-state index contributed by atoms with van der Waals surface area (Å²) >= 11 is 0. The van der Waals surface area contributed by atoms with E-state index >= 15 is 0 Å². The van der Waals surface area contributed by atoms with E-state index in [0.717, 1.165) is 18.7 Å². The van der Waals surface area contributed by atoms with Crippen molar-refractivity contribution in [2.45, 2.75) is 40.7 Å². The zero-order valence-electron chi connectivity index (χ0n) is 21.6. The largest absolute Gasteiger partial charge is 0.505 e. The Morgan fingerprint density at radius 1 is 1.11 bits per heavy atom. The van der Waals surface area contributed by atoms with Gasteiger partial charge in [0.2, 0.25) is 0 Å². The van der Waals surface area contributed by atoms with Crippen LogP contribution >= 0.6 is 0 Å². The van der Waals surface area contributed by atoms with Crippen LogP contribution in [0.25, 0.3) is 11.4 Å². The van der Waals surface area contributed by atoms with Crippen LogP contribution in [0.2, 0.25) is 0 Å². The number of carbonyl (C=O) groups excluding carboxylic acids is 2. The second-order valence-electron chi connectivity index (χ2n) is 8.96. The third kappa shape index (κ3) is 4.48. The average Bonchev–Trinajstić information content (AvgIpc) is 3.35. The van der Waals surface area contributed by atoms with Crippen molar-refractivity contribution in [1.82, 2.24) is 19.2 Å². The summed E-state index contributed by atoms with van der Waals surface area (Å²) in [6.07, 6.45) is 1.87. The Bertz CT molecular complexity index is 1320. The summed E-state index contributed by atoms with van der Waals surface area (Å²) in [6, 6.07) is 10.5. The van der Waals surface area contributed by atoms with Gasteiger partial charge in [-0.25, -0.2) is 4.98 Å². The number of ether oxygens (including phenoxy) is 1. The molecule has 0 bridgehead atoms.